The third-order valence-electron chi connectivity index (χ3n) is 3.08. The number of ketones is 1. The summed E-state index contributed by atoms with van der Waals surface area (Å²) in [5.74, 6) is 0.00425. The van der Waals surface area contributed by atoms with E-state index in [4.69, 9.17) is 23.2 Å². The van der Waals surface area contributed by atoms with Gasteiger partial charge in [-0.05, 0) is 29.8 Å². The van der Waals surface area contributed by atoms with E-state index in [-0.39, 0.29) is 12.2 Å². The van der Waals surface area contributed by atoms with Gasteiger partial charge in [-0.2, -0.15) is 5.10 Å². The van der Waals surface area contributed by atoms with Crippen LogP contribution in [0.1, 0.15) is 15.9 Å². The second-order valence-electron chi connectivity index (χ2n) is 4.44. The van der Waals surface area contributed by atoms with Crippen LogP contribution < -0.4 is 0 Å². The van der Waals surface area contributed by atoms with E-state index in [0.717, 1.165) is 11.1 Å². The van der Waals surface area contributed by atoms with E-state index in [1.165, 1.54) is 0 Å². The van der Waals surface area contributed by atoms with Crippen LogP contribution in [0, 0.1) is 0 Å². The Kier molecular flexibility index (Phi) is 3.47. The summed E-state index contributed by atoms with van der Waals surface area (Å²) in [4.78, 5) is 12.4. The molecule has 0 N–H and O–H groups in total. The fourth-order valence-electron chi connectivity index (χ4n) is 2.08. The SMILES string of the molecule is O=C(Cc1ccc(Cl)c(Cl)c1)c1cnn2ccccc12. The van der Waals surface area contributed by atoms with Gasteiger partial charge < -0.3 is 0 Å². The molecule has 100 valence electrons. The highest BCUT2D eigenvalue weighted by Crippen LogP contribution is 2.23. The lowest BCUT2D eigenvalue weighted by atomic mass is 10.0. The number of aromatic nitrogens is 2. The summed E-state index contributed by atoms with van der Waals surface area (Å²) in [6, 6.07) is 10.8. The Morgan fingerprint density at radius 1 is 1.15 bits per heavy atom. The van der Waals surface area contributed by atoms with Gasteiger partial charge in [-0.25, -0.2) is 4.52 Å². The molecule has 20 heavy (non-hydrogen) atoms. The zero-order valence-electron chi connectivity index (χ0n) is 10.4. The minimum Gasteiger partial charge on any atom is -0.294 e. The second kappa shape index (κ2) is 5.27. The zero-order chi connectivity index (χ0) is 14.1. The quantitative estimate of drug-likeness (QED) is 0.684. The minimum atomic E-state index is 0.00425. The third-order valence-corrected chi connectivity index (χ3v) is 3.81. The fraction of sp³-hybridized carbons (Fsp3) is 0.0667. The number of halogens is 2. The first-order valence-electron chi connectivity index (χ1n) is 6.04. The molecule has 2 heterocycles. The molecule has 1 aromatic carbocycles. The average Bonchev–Trinajstić information content (AvgIpc) is 2.87. The molecule has 0 spiro atoms. The molecule has 0 saturated heterocycles. The van der Waals surface area contributed by atoms with Crippen LogP contribution in [0.5, 0.6) is 0 Å². The molecule has 0 atom stereocenters. The van der Waals surface area contributed by atoms with Crippen molar-refractivity contribution >= 4 is 34.5 Å². The Morgan fingerprint density at radius 3 is 2.80 bits per heavy atom. The number of fused-ring (bicyclic) bond motifs is 1. The largest absolute Gasteiger partial charge is 0.294 e. The number of carbonyl (C=O) groups excluding carboxylic acids is 1. The number of hydrogen-bond acceptors (Lipinski definition) is 2. The van der Waals surface area contributed by atoms with Crippen LogP contribution in [0.15, 0.2) is 48.8 Å². The monoisotopic (exact) mass is 304 g/mol. The molecule has 3 rings (SSSR count). The fourth-order valence-corrected chi connectivity index (χ4v) is 2.40. The summed E-state index contributed by atoms with van der Waals surface area (Å²) in [6.45, 7) is 0. The highest BCUT2D eigenvalue weighted by molar-refractivity contribution is 6.42. The molecule has 5 heteroatoms. The van der Waals surface area contributed by atoms with Crippen molar-refractivity contribution in [1.29, 1.82) is 0 Å². The van der Waals surface area contributed by atoms with Crippen LogP contribution >= 0.6 is 23.2 Å². The zero-order valence-corrected chi connectivity index (χ0v) is 11.9. The Labute approximate surface area is 125 Å². The number of benzene rings is 1. The number of pyridine rings is 1. The maximum absolute atomic E-state index is 12.4. The number of hydrogen-bond donors (Lipinski definition) is 0. The first-order valence-corrected chi connectivity index (χ1v) is 6.80. The van der Waals surface area contributed by atoms with Crippen molar-refractivity contribution < 1.29 is 4.79 Å². The summed E-state index contributed by atoms with van der Waals surface area (Å²) in [7, 11) is 0. The summed E-state index contributed by atoms with van der Waals surface area (Å²) >= 11 is 11.8. The molecule has 0 bridgehead atoms. The van der Waals surface area contributed by atoms with E-state index in [0.29, 0.717) is 15.6 Å². The van der Waals surface area contributed by atoms with E-state index in [9.17, 15) is 4.79 Å². The summed E-state index contributed by atoms with van der Waals surface area (Å²) in [5.41, 5.74) is 2.24. The van der Waals surface area contributed by atoms with Gasteiger partial charge in [0.1, 0.15) is 0 Å². The summed E-state index contributed by atoms with van der Waals surface area (Å²) in [6.07, 6.45) is 3.67. The number of rotatable bonds is 3. The maximum atomic E-state index is 12.4. The highest BCUT2D eigenvalue weighted by atomic mass is 35.5. The molecule has 0 saturated carbocycles. The van der Waals surface area contributed by atoms with Crippen LogP contribution in [-0.4, -0.2) is 15.4 Å². The molecule has 2 aromatic heterocycles. The number of nitrogens with zero attached hydrogens (tertiary/aromatic N) is 2. The molecular weight excluding hydrogens is 295 g/mol. The van der Waals surface area contributed by atoms with Crippen LogP contribution in [-0.2, 0) is 6.42 Å². The van der Waals surface area contributed by atoms with Gasteiger partial charge in [0.25, 0.3) is 0 Å². The molecular formula is C15H10Cl2N2O. The molecule has 0 fully saturated rings. The van der Waals surface area contributed by atoms with Crippen molar-refractivity contribution in [2.45, 2.75) is 6.42 Å². The van der Waals surface area contributed by atoms with Crippen molar-refractivity contribution in [3.63, 3.8) is 0 Å². The molecule has 3 aromatic rings. The number of carbonyl (C=O) groups is 1. The molecule has 0 aliphatic heterocycles. The molecule has 0 amide bonds. The topological polar surface area (TPSA) is 34.4 Å². The van der Waals surface area contributed by atoms with Gasteiger partial charge in [0.05, 0.1) is 27.3 Å². The van der Waals surface area contributed by atoms with Crippen molar-refractivity contribution in [1.82, 2.24) is 9.61 Å². The molecule has 3 nitrogen and oxygen atoms in total. The van der Waals surface area contributed by atoms with Crippen molar-refractivity contribution in [3.05, 3.63) is 70.0 Å². The molecule has 0 aliphatic rings. The van der Waals surface area contributed by atoms with Gasteiger partial charge in [-0.1, -0.05) is 35.3 Å². The maximum Gasteiger partial charge on any atom is 0.171 e. The summed E-state index contributed by atoms with van der Waals surface area (Å²) < 4.78 is 1.68. The lowest BCUT2D eigenvalue weighted by molar-refractivity contribution is 0.0994. The lowest BCUT2D eigenvalue weighted by Gasteiger charge is -2.02. The highest BCUT2D eigenvalue weighted by Gasteiger charge is 2.13. The average molecular weight is 305 g/mol. The Balaban J connectivity index is 1.91. The predicted octanol–water partition coefficient (Wildman–Crippen LogP) is 4.07. The van der Waals surface area contributed by atoms with E-state index in [1.54, 1.807) is 28.9 Å². The van der Waals surface area contributed by atoms with Crippen molar-refractivity contribution in [2.75, 3.05) is 0 Å². The van der Waals surface area contributed by atoms with Crippen LogP contribution in [0.25, 0.3) is 5.52 Å². The van der Waals surface area contributed by atoms with Gasteiger partial charge in [0.2, 0.25) is 0 Å². The summed E-state index contributed by atoms with van der Waals surface area (Å²) in [5, 5.41) is 5.10. The van der Waals surface area contributed by atoms with Crippen LogP contribution in [0.3, 0.4) is 0 Å². The first kappa shape index (κ1) is 13.2. The van der Waals surface area contributed by atoms with Crippen molar-refractivity contribution in [3.8, 4) is 0 Å². The standard InChI is InChI=1S/C15H10Cl2N2O/c16-12-5-4-10(7-13(12)17)8-15(20)11-9-18-19-6-2-1-3-14(11)19/h1-7,9H,8H2. The van der Waals surface area contributed by atoms with Gasteiger partial charge in [-0.15, -0.1) is 0 Å². The van der Waals surface area contributed by atoms with Gasteiger partial charge >= 0.3 is 0 Å². The van der Waals surface area contributed by atoms with Crippen LogP contribution in [0.2, 0.25) is 10.0 Å². The lowest BCUT2D eigenvalue weighted by Crippen LogP contribution is -2.03. The predicted molar refractivity (Wildman–Crippen MR) is 79.7 cm³/mol. The van der Waals surface area contributed by atoms with Gasteiger partial charge in [0.15, 0.2) is 5.78 Å². The molecule has 0 unspecified atom stereocenters. The van der Waals surface area contributed by atoms with E-state index in [1.807, 2.05) is 24.4 Å². The number of Topliss-reactive ketones (excluding diaryl/α,β-unsaturated/α-hetero) is 1. The van der Waals surface area contributed by atoms with Crippen LogP contribution in [0.4, 0.5) is 0 Å². The van der Waals surface area contributed by atoms with E-state index >= 15 is 0 Å². The molecule has 0 radical (unpaired) electrons. The van der Waals surface area contributed by atoms with Gasteiger partial charge in [0, 0.05) is 12.6 Å². The minimum absolute atomic E-state index is 0.00425. The Hall–Kier alpha value is -1.84. The Morgan fingerprint density at radius 2 is 2.00 bits per heavy atom. The van der Waals surface area contributed by atoms with Gasteiger partial charge in [-0.3, -0.25) is 4.79 Å². The van der Waals surface area contributed by atoms with Crippen molar-refractivity contribution in [2.24, 2.45) is 0 Å². The normalized spacial score (nSPS) is 10.9. The first-order chi connectivity index (χ1) is 9.65. The molecule has 0 aliphatic carbocycles. The smallest absolute Gasteiger partial charge is 0.171 e. The van der Waals surface area contributed by atoms with E-state index < -0.39 is 0 Å². The van der Waals surface area contributed by atoms with E-state index in [2.05, 4.69) is 5.10 Å². The second-order valence-corrected chi connectivity index (χ2v) is 5.25. The third kappa shape index (κ3) is 2.42. The Bertz CT molecular complexity index is 795.